The van der Waals surface area contributed by atoms with E-state index in [0.717, 1.165) is 0 Å². The van der Waals surface area contributed by atoms with E-state index in [1.165, 1.54) is 48.4 Å². The number of anilines is 1. The third-order valence-corrected chi connectivity index (χ3v) is 5.40. The van der Waals surface area contributed by atoms with Gasteiger partial charge in [-0.25, -0.2) is 17.9 Å². The lowest BCUT2D eigenvalue weighted by atomic mass is 10.2. The van der Waals surface area contributed by atoms with E-state index in [0.29, 0.717) is 11.4 Å². The van der Waals surface area contributed by atoms with Gasteiger partial charge in [-0.3, -0.25) is 0 Å². The van der Waals surface area contributed by atoms with Crippen LogP contribution < -0.4 is 10.5 Å². The number of nitrogens with zero attached hydrogens (tertiary/aromatic N) is 2. The van der Waals surface area contributed by atoms with Gasteiger partial charge < -0.3 is 19.5 Å². The molecular weight excluding hydrogens is 384 g/mol. The average Bonchev–Trinajstić information content (AvgIpc) is 3.33. The monoisotopic (exact) mass is 400 g/mol. The van der Waals surface area contributed by atoms with Crippen LogP contribution in [0.5, 0.6) is 0 Å². The minimum absolute atomic E-state index is 0.00818. The van der Waals surface area contributed by atoms with Crippen LogP contribution in [0.4, 0.5) is 5.69 Å². The van der Waals surface area contributed by atoms with Crippen molar-refractivity contribution in [2.75, 3.05) is 12.8 Å². The number of carbonyl (C=O) groups excluding carboxylic acids is 1. The fourth-order valence-corrected chi connectivity index (χ4v) is 3.56. The first-order valence-corrected chi connectivity index (χ1v) is 9.47. The summed E-state index contributed by atoms with van der Waals surface area (Å²) in [6.07, 6.45) is 2.84. The highest BCUT2D eigenvalue weighted by Gasteiger charge is 2.22. The summed E-state index contributed by atoms with van der Waals surface area (Å²) in [5.74, 6) is -0.231. The van der Waals surface area contributed by atoms with E-state index in [9.17, 15) is 13.2 Å². The van der Waals surface area contributed by atoms with Gasteiger partial charge in [0.1, 0.15) is 11.8 Å². The molecule has 0 aliphatic heterocycles. The number of ether oxygens (including phenoxy) is 1. The Morgan fingerprint density at radius 3 is 2.61 bits per heavy atom. The van der Waals surface area contributed by atoms with E-state index in [2.05, 4.69) is 4.72 Å². The van der Waals surface area contributed by atoms with Crippen LogP contribution in [0.25, 0.3) is 5.69 Å². The molecule has 0 aliphatic rings. The lowest BCUT2D eigenvalue weighted by molar-refractivity contribution is 0.0593. The number of furan rings is 1. The van der Waals surface area contributed by atoms with Crippen molar-refractivity contribution in [3.8, 4) is 11.8 Å². The molecule has 2 heterocycles. The van der Waals surface area contributed by atoms with Crippen molar-refractivity contribution in [1.82, 2.24) is 9.29 Å². The van der Waals surface area contributed by atoms with Gasteiger partial charge in [0, 0.05) is 11.9 Å². The van der Waals surface area contributed by atoms with Crippen LogP contribution in [0.3, 0.4) is 0 Å². The molecular formula is C18H16N4O5S. The summed E-state index contributed by atoms with van der Waals surface area (Å²) >= 11 is 0. The molecule has 0 saturated carbocycles. The van der Waals surface area contributed by atoms with Crippen molar-refractivity contribution in [3.63, 3.8) is 0 Å². The molecule has 3 aromatic rings. The molecule has 3 N–H and O–H groups in total. The van der Waals surface area contributed by atoms with Crippen LogP contribution in [0, 0.1) is 11.3 Å². The van der Waals surface area contributed by atoms with Crippen LogP contribution in [0.2, 0.25) is 0 Å². The van der Waals surface area contributed by atoms with E-state index in [-0.39, 0.29) is 28.4 Å². The molecule has 1 aromatic carbocycles. The molecule has 0 saturated heterocycles. The van der Waals surface area contributed by atoms with E-state index in [4.69, 9.17) is 20.1 Å². The van der Waals surface area contributed by atoms with Gasteiger partial charge in [0.25, 0.3) is 0 Å². The van der Waals surface area contributed by atoms with Crippen LogP contribution in [-0.2, 0) is 21.3 Å². The minimum Gasteiger partial charge on any atom is -0.468 e. The van der Waals surface area contributed by atoms with E-state index >= 15 is 0 Å². The standard InChI is InChI=1S/C18H16N4O5S/c1-26-18(23)17-16(20)12(9-19)11-22(17)13-4-6-15(7-5-13)28(24,25)21-10-14-3-2-8-27-14/h2-8,11,21H,10,20H2,1H3. The van der Waals surface area contributed by atoms with Gasteiger partial charge in [-0.1, -0.05) is 0 Å². The minimum atomic E-state index is -3.76. The van der Waals surface area contributed by atoms with Crippen molar-refractivity contribution in [1.29, 1.82) is 5.26 Å². The van der Waals surface area contributed by atoms with Crippen molar-refractivity contribution >= 4 is 21.7 Å². The molecule has 0 bridgehead atoms. The third kappa shape index (κ3) is 3.62. The molecule has 0 atom stereocenters. The van der Waals surface area contributed by atoms with Gasteiger partial charge in [-0.2, -0.15) is 5.26 Å². The highest BCUT2D eigenvalue weighted by Crippen LogP contribution is 2.25. The number of carbonyl (C=O) groups is 1. The maximum absolute atomic E-state index is 12.4. The topological polar surface area (TPSA) is 140 Å². The highest BCUT2D eigenvalue weighted by atomic mass is 32.2. The van der Waals surface area contributed by atoms with Crippen LogP contribution in [0.15, 0.2) is 58.2 Å². The first-order chi connectivity index (χ1) is 13.4. The zero-order valence-corrected chi connectivity index (χ0v) is 15.6. The summed E-state index contributed by atoms with van der Waals surface area (Å²) in [7, 11) is -2.56. The molecule has 0 spiro atoms. The Labute approximate surface area is 161 Å². The van der Waals surface area contributed by atoms with Gasteiger partial charge in [0.15, 0.2) is 5.69 Å². The van der Waals surface area contributed by atoms with E-state index in [1.807, 2.05) is 6.07 Å². The first-order valence-electron chi connectivity index (χ1n) is 7.99. The molecule has 0 unspecified atom stereocenters. The zero-order valence-electron chi connectivity index (χ0n) is 14.7. The molecule has 0 amide bonds. The summed E-state index contributed by atoms with van der Waals surface area (Å²) in [5.41, 5.74) is 6.39. The van der Waals surface area contributed by atoms with Crippen LogP contribution in [0.1, 0.15) is 21.8 Å². The lowest BCUT2D eigenvalue weighted by Crippen LogP contribution is -2.23. The SMILES string of the molecule is COC(=O)c1c(N)c(C#N)cn1-c1ccc(S(=O)(=O)NCc2ccco2)cc1. The molecule has 0 aliphatic carbocycles. The van der Waals surface area contributed by atoms with Crippen molar-refractivity contribution in [3.05, 3.63) is 65.9 Å². The van der Waals surface area contributed by atoms with Crippen molar-refractivity contribution in [2.45, 2.75) is 11.4 Å². The zero-order chi connectivity index (χ0) is 20.3. The van der Waals surface area contributed by atoms with Gasteiger partial charge in [-0.15, -0.1) is 0 Å². The van der Waals surface area contributed by atoms with E-state index < -0.39 is 16.0 Å². The normalized spacial score (nSPS) is 11.1. The molecule has 0 fully saturated rings. The number of rotatable bonds is 6. The number of nitrogens with one attached hydrogen (secondary N) is 1. The number of hydrogen-bond donors (Lipinski definition) is 2. The molecule has 144 valence electrons. The fraction of sp³-hybridized carbons (Fsp3) is 0.111. The second-order valence-electron chi connectivity index (χ2n) is 5.68. The summed E-state index contributed by atoms with van der Waals surface area (Å²) in [6.45, 7) is 0.0171. The number of esters is 1. The highest BCUT2D eigenvalue weighted by molar-refractivity contribution is 7.89. The molecule has 3 rings (SSSR count). The largest absolute Gasteiger partial charge is 0.468 e. The molecule has 0 radical (unpaired) electrons. The Kier molecular flexibility index (Phi) is 5.21. The maximum atomic E-state index is 12.4. The van der Waals surface area contributed by atoms with Crippen LogP contribution >= 0.6 is 0 Å². The first kappa shape index (κ1) is 19.2. The molecule has 10 heteroatoms. The quantitative estimate of drug-likeness (QED) is 0.601. The maximum Gasteiger partial charge on any atom is 0.357 e. The summed E-state index contributed by atoms with van der Waals surface area (Å²) in [4.78, 5) is 12.1. The van der Waals surface area contributed by atoms with Gasteiger partial charge >= 0.3 is 5.97 Å². The number of nitrogen functional groups attached to an aromatic ring is 1. The fourth-order valence-electron chi connectivity index (χ4n) is 2.57. The Bertz CT molecular complexity index is 1140. The molecule has 9 nitrogen and oxygen atoms in total. The number of sulfonamides is 1. The number of hydrogen-bond acceptors (Lipinski definition) is 7. The molecule has 2 aromatic heterocycles. The number of aromatic nitrogens is 1. The summed E-state index contributed by atoms with van der Waals surface area (Å²) in [6, 6.07) is 11.0. The predicted molar refractivity (Wildman–Crippen MR) is 99.0 cm³/mol. The van der Waals surface area contributed by atoms with Gasteiger partial charge in [0.05, 0.1) is 36.1 Å². The van der Waals surface area contributed by atoms with Crippen molar-refractivity contribution in [2.24, 2.45) is 0 Å². The smallest absolute Gasteiger partial charge is 0.357 e. The van der Waals surface area contributed by atoms with Gasteiger partial charge in [0.2, 0.25) is 10.0 Å². The average molecular weight is 400 g/mol. The Hall–Kier alpha value is -3.55. The van der Waals surface area contributed by atoms with Crippen LogP contribution in [-0.4, -0.2) is 26.1 Å². The second-order valence-corrected chi connectivity index (χ2v) is 7.44. The Balaban J connectivity index is 1.91. The summed E-state index contributed by atoms with van der Waals surface area (Å²) < 4.78 is 38.4. The second kappa shape index (κ2) is 7.59. The predicted octanol–water partition coefficient (Wildman–Crippen LogP) is 1.79. The number of benzene rings is 1. The number of nitriles is 1. The van der Waals surface area contributed by atoms with Crippen molar-refractivity contribution < 1.29 is 22.4 Å². The summed E-state index contributed by atoms with van der Waals surface area (Å²) in [5, 5.41) is 9.16. The Morgan fingerprint density at radius 2 is 2.04 bits per heavy atom. The Morgan fingerprint density at radius 1 is 1.32 bits per heavy atom. The number of methoxy groups -OCH3 is 1. The third-order valence-electron chi connectivity index (χ3n) is 3.99. The molecule has 28 heavy (non-hydrogen) atoms. The number of nitrogens with two attached hydrogens (primary N) is 1. The lowest BCUT2D eigenvalue weighted by Gasteiger charge is -2.10. The van der Waals surface area contributed by atoms with E-state index in [1.54, 1.807) is 12.1 Å². The van der Waals surface area contributed by atoms with Gasteiger partial charge in [-0.05, 0) is 36.4 Å².